The number of anilines is 2. The second kappa shape index (κ2) is 6.38. The van der Waals surface area contributed by atoms with E-state index in [2.05, 4.69) is 48.6 Å². The zero-order chi connectivity index (χ0) is 13.8. The van der Waals surface area contributed by atoms with E-state index in [0.717, 1.165) is 34.1 Å². The highest BCUT2D eigenvalue weighted by molar-refractivity contribution is 14.1. The zero-order valence-corrected chi connectivity index (χ0v) is 13.6. The first-order valence-corrected chi connectivity index (χ1v) is 7.36. The van der Waals surface area contributed by atoms with Crippen molar-refractivity contribution in [1.29, 1.82) is 0 Å². The Labute approximate surface area is 131 Å². The van der Waals surface area contributed by atoms with Gasteiger partial charge in [0, 0.05) is 17.6 Å². The maximum absolute atomic E-state index is 5.94. The van der Waals surface area contributed by atoms with Crippen molar-refractivity contribution in [3.05, 3.63) is 35.0 Å². The van der Waals surface area contributed by atoms with Gasteiger partial charge in [-0.05, 0) is 24.1 Å². The van der Waals surface area contributed by atoms with Crippen LogP contribution in [0.25, 0.3) is 11.1 Å². The molecule has 4 nitrogen and oxygen atoms in total. The third kappa shape index (κ3) is 3.09. The van der Waals surface area contributed by atoms with Crippen molar-refractivity contribution in [2.24, 2.45) is 0 Å². The molecule has 0 aliphatic rings. The fourth-order valence-corrected chi connectivity index (χ4v) is 2.38. The van der Waals surface area contributed by atoms with E-state index in [-0.39, 0.29) is 0 Å². The smallest absolute Gasteiger partial charge is 0.224 e. The van der Waals surface area contributed by atoms with E-state index < -0.39 is 0 Å². The number of hydrogen-bond donors (Lipinski definition) is 2. The van der Waals surface area contributed by atoms with Crippen molar-refractivity contribution in [3.8, 4) is 11.1 Å². The molecule has 1 heterocycles. The predicted molar refractivity (Wildman–Crippen MR) is 89.0 cm³/mol. The molecular weight excluding hydrogens is 375 g/mol. The first-order chi connectivity index (χ1) is 9.19. The summed E-state index contributed by atoms with van der Waals surface area (Å²) in [5, 5.41) is 3.70. The molecule has 6 heteroatoms. The van der Waals surface area contributed by atoms with Gasteiger partial charge in [0.25, 0.3) is 0 Å². The molecule has 0 atom stereocenters. The first-order valence-electron chi connectivity index (χ1n) is 5.90. The topological polar surface area (TPSA) is 49.8 Å². The number of nitrogens with zero attached hydrogens (tertiary/aromatic N) is 2. The van der Waals surface area contributed by atoms with Crippen molar-refractivity contribution < 1.29 is 0 Å². The molecule has 2 rings (SSSR count). The molecule has 19 heavy (non-hydrogen) atoms. The summed E-state index contributed by atoms with van der Waals surface area (Å²) in [6.07, 6.45) is 0.834. The number of aromatic nitrogens is 2. The lowest BCUT2D eigenvalue weighted by Gasteiger charge is -2.13. The van der Waals surface area contributed by atoms with Crippen LogP contribution in [0.3, 0.4) is 0 Å². The van der Waals surface area contributed by atoms with Gasteiger partial charge in [0.1, 0.15) is 5.82 Å². The molecule has 0 aliphatic heterocycles. The molecule has 0 bridgehead atoms. The monoisotopic (exact) mass is 388 g/mol. The minimum Gasteiger partial charge on any atom is -0.357 e. The largest absolute Gasteiger partial charge is 0.357 e. The van der Waals surface area contributed by atoms with E-state index in [1.165, 1.54) is 0 Å². The average Bonchev–Trinajstić information content (AvgIpc) is 2.46. The SMILES string of the molecule is CCc1nc(NC)nc(NI)c1-c1ccc(Cl)cc1. The van der Waals surface area contributed by atoms with Crippen LogP contribution in [0.4, 0.5) is 11.8 Å². The Morgan fingerprint density at radius 2 is 1.89 bits per heavy atom. The molecule has 0 saturated carbocycles. The maximum Gasteiger partial charge on any atom is 0.224 e. The molecule has 0 saturated heterocycles. The van der Waals surface area contributed by atoms with Crippen molar-refractivity contribution in [1.82, 2.24) is 9.97 Å². The fourth-order valence-electron chi connectivity index (χ4n) is 1.86. The molecular formula is C13H14ClIN4. The summed E-state index contributed by atoms with van der Waals surface area (Å²) in [7, 11) is 1.81. The molecule has 0 amide bonds. The number of aryl methyl sites for hydroxylation is 1. The van der Waals surface area contributed by atoms with Crippen LogP contribution in [0, 0.1) is 0 Å². The quantitative estimate of drug-likeness (QED) is 0.610. The van der Waals surface area contributed by atoms with E-state index >= 15 is 0 Å². The van der Waals surface area contributed by atoms with Crippen LogP contribution in [-0.2, 0) is 6.42 Å². The Morgan fingerprint density at radius 1 is 1.21 bits per heavy atom. The number of nitrogens with one attached hydrogen (secondary N) is 2. The average molecular weight is 389 g/mol. The first kappa shape index (κ1) is 14.3. The highest BCUT2D eigenvalue weighted by Crippen LogP contribution is 2.32. The Balaban J connectivity index is 2.63. The number of benzene rings is 1. The van der Waals surface area contributed by atoms with Crippen LogP contribution in [-0.4, -0.2) is 17.0 Å². The van der Waals surface area contributed by atoms with Crippen LogP contribution < -0.4 is 8.85 Å². The van der Waals surface area contributed by atoms with Gasteiger partial charge in [-0.1, -0.05) is 30.7 Å². The molecule has 0 spiro atoms. The third-order valence-electron chi connectivity index (χ3n) is 2.76. The Hall–Kier alpha value is -1.08. The predicted octanol–water partition coefficient (Wildman–Crippen LogP) is 4.16. The van der Waals surface area contributed by atoms with E-state index in [4.69, 9.17) is 11.6 Å². The lowest BCUT2D eigenvalue weighted by Crippen LogP contribution is -2.05. The van der Waals surface area contributed by atoms with Crippen LogP contribution in [0.2, 0.25) is 5.02 Å². The van der Waals surface area contributed by atoms with Gasteiger partial charge in [-0.15, -0.1) is 0 Å². The highest BCUT2D eigenvalue weighted by Gasteiger charge is 2.14. The summed E-state index contributed by atoms with van der Waals surface area (Å²) < 4.78 is 3.10. The van der Waals surface area contributed by atoms with E-state index in [1.807, 2.05) is 31.3 Å². The Morgan fingerprint density at radius 3 is 2.42 bits per heavy atom. The van der Waals surface area contributed by atoms with Gasteiger partial charge in [-0.3, -0.25) is 0 Å². The molecule has 100 valence electrons. The van der Waals surface area contributed by atoms with Crippen LogP contribution in [0.15, 0.2) is 24.3 Å². The highest BCUT2D eigenvalue weighted by atomic mass is 127. The summed E-state index contributed by atoms with van der Waals surface area (Å²) in [5.74, 6) is 1.42. The molecule has 0 aliphatic carbocycles. The van der Waals surface area contributed by atoms with Gasteiger partial charge in [-0.25, -0.2) is 4.98 Å². The Bertz CT molecular complexity index is 546. The fraction of sp³-hybridized carbons (Fsp3) is 0.231. The molecule has 1 aromatic carbocycles. The van der Waals surface area contributed by atoms with Gasteiger partial charge in [0.05, 0.1) is 28.6 Å². The summed E-state index contributed by atoms with van der Waals surface area (Å²) in [6, 6.07) is 7.71. The Kier molecular flexibility index (Phi) is 4.81. The zero-order valence-electron chi connectivity index (χ0n) is 10.7. The second-order valence-electron chi connectivity index (χ2n) is 3.92. The van der Waals surface area contributed by atoms with Gasteiger partial charge in [0.2, 0.25) is 5.95 Å². The van der Waals surface area contributed by atoms with E-state index in [1.54, 1.807) is 0 Å². The van der Waals surface area contributed by atoms with Crippen LogP contribution >= 0.6 is 34.5 Å². The molecule has 0 unspecified atom stereocenters. The van der Waals surface area contributed by atoms with Crippen molar-refractivity contribution >= 4 is 46.2 Å². The van der Waals surface area contributed by atoms with Crippen molar-refractivity contribution in [2.45, 2.75) is 13.3 Å². The summed E-state index contributed by atoms with van der Waals surface area (Å²) in [5.41, 5.74) is 3.08. The van der Waals surface area contributed by atoms with Gasteiger partial charge in [0.15, 0.2) is 0 Å². The van der Waals surface area contributed by atoms with Gasteiger partial charge in [-0.2, -0.15) is 4.98 Å². The van der Waals surface area contributed by atoms with E-state index in [0.29, 0.717) is 5.95 Å². The van der Waals surface area contributed by atoms with Gasteiger partial charge >= 0.3 is 0 Å². The lowest BCUT2D eigenvalue weighted by molar-refractivity contribution is 1.01. The van der Waals surface area contributed by atoms with Crippen molar-refractivity contribution in [3.63, 3.8) is 0 Å². The summed E-state index contributed by atoms with van der Waals surface area (Å²) >= 11 is 8.02. The number of hydrogen-bond acceptors (Lipinski definition) is 4. The lowest BCUT2D eigenvalue weighted by atomic mass is 10.0. The number of rotatable bonds is 4. The van der Waals surface area contributed by atoms with Crippen molar-refractivity contribution in [2.75, 3.05) is 15.9 Å². The van der Waals surface area contributed by atoms with E-state index in [9.17, 15) is 0 Å². The molecule has 2 aromatic rings. The molecule has 0 fully saturated rings. The minimum absolute atomic E-state index is 0.619. The third-order valence-corrected chi connectivity index (χ3v) is 3.53. The van der Waals surface area contributed by atoms with Gasteiger partial charge < -0.3 is 8.85 Å². The number of halogens is 2. The van der Waals surface area contributed by atoms with Crippen LogP contribution in [0.1, 0.15) is 12.6 Å². The summed E-state index contributed by atoms with van der Waals surface area (Å²) in [4.78, 5) is 8.96. The normalized spacial score (nSPS) is 10.3. The molecule has 0 radical (unpaired) electrons. The molecule has 1 aromatic heterocycles. The minimum atomic E-state index is 0.619. The standard InChI is InChI=1S/C13H14ClIN4/c1-3-10-11(8-4-6-9(14)7-5-8)12(19-15)18-13(16-2)17-10/h4-7H,3H2,1-2H3,(H2,16,17,18,19). The second-order valence-corrected chi connectivity index (χ2v) is 4.90. The van der Waals surface area contributed by atoms with Crippen LogP contribution in [0.5, 0.6) is 0 Å². The molecule has 2 N–H and O–H groups in total. The summed E-state index contributed by atoms with van der Waals surface area (Å²) in [6.45, 7) is 2.08. The maximum atomic E-state index is 5.94.